The third-order valence-corrected chi connectivity index (χ3v) is 8.80. The highest BCUT2D eigenvalue weighted by Gasteiger charge is 2.26. The van der Waals surface area contributed by atoms with Crippen LogP contribution in [0.5, 0.6) is 5.88 Å². The second kappa shape index (κ2) is 12.9. The molecule has 0 bridgehead atoms. The summed E-state index contributed by atoms with van der Waals surface area (Å²) in [5.41, 5.74) is -0.0558. The number of pyridine rings is 1. The van der Waals surface area contributed by atoms with Gasteiger partial charge < -0.3 is 15.0 Å². The number of nitrogens with one attached hydrogen (secondary N) is 2. The van der Waals surface area contributed by atoms with Crippen LogP contribution in [0.2, 0.25) is 5.02 Å². The molecule has 2 aromatic heterocycles. The van der Waals surface area contributed by atoms with Crippen molar-refractivity contribution in [1.82, 2.24) is 19.9 Å². The lowest BCUT2D eigenvalue weighted by Gasteiger charge is -2.32. The Morgan fingerprint density at radius 1 is 1.02 bits per heavy atom. The highest BCUT2D eigenvalue weighted by atomic mass is 35.5. The zero-order valence-corrected chi connectivity index (χ0v) is 25.5. The Kier molecular flexibility index (Phi) is 9.71. The van der Waals surface area contributed by atoms with E-state index in [4.69, 9.17) is 16.3 Å². The smallest absolute Gasteiger partial charge is 0.267 e. The minimum absolute atomic E-state index is 0. The van der Waals surface area contributed by atoms with E-state index in [2.05, 4.69) is 44.0 Å². The van der Waals surface area contributed by atoms with Gasteiger partial charge in [0, 0.05) is 29.9 Å². The first-order valence-electron chi connectivity index (χ1n) is 13.0. The van der Waals surface area contributed by atoms with Crippen LogP contribution >= 0.6 is 24.0 Å². The van der Waals surface area contributed by atoms with Crippen LogP contribution in [0.3, 0.4) is 0 Å². The van der Waals surface area contributed by atoms with E-state index in [9.17, 15) is 12.8 Å². The summed E-state index contributed by atoms with van der Waals surface area (Å²) in [6.45, 7) is 0. The monoisotopic (exact) mass is 638 g/mol. The largest absolute Gasteiger partial charge is 0.480 e. The van der Waals surface area contributed by atoms with E-state index in [1.165, 1.54) is 19.4 Å². The lowest BCUT2D eigenvalue weighted by atomic mass is 9.91. The number of sulfonamides is 1. The maximum absolute atomic E-state index is 15.6. The van der Waals surface area contributed by atoms with Gasteiger partial charge in [-0.1, -0.05) is 17.7 Å². The van der Waals surface area contributed by atoms with Crippen molar-refractivity contribution in [3.63, 3.8) is 0 Å². The summed E-state index contributed by atoms with van der Waals surface area (Å²) in [5.74, 6) is -1.68. The van der Waals surface area contributed by atoms with Gasteiger partial charge in [0.2, 0.25) is 11.8 Å². The Hall–Kier alpha value is -3.32. The molecule has 2 aromatic carbocycles. The van der Waals surface area contributed by atoms with Crippen molar-refractivity contribution in [2.24, 2.45) is 0 Å². The van der Waals surface area contributed by atoms with Gasteiger partial charge in [-0.05, 0) is 75.7 Å². The first-order chi connectivity index (χ1) is 19.6. The molecule has 0 atom stereocenters. The fourth-order valence-corrected chi connectivity index (χ4v) is 6.45. The molecule has 0 radical (unpaired) electrons. The van der Waals surface area contributed by atoms with E-state index in [0.29, 0.717) is 22.9 Å². The van der Waals surface area contributed by atoms with Crippen LogP contribution in [0.15, 0.2) is 53.7 Å². The van der Waals surface area contributed by atoms with Crippen molar-refractivity contribution in [3.05, 3.63) is 65.4 Å². The topological polar surface area (TPSA) is 109 Å². The van der Waals surface area contributed by atoms with Gasteiger partial charge in [-0.25, -0.2) is 32.2 Å². The summed E-state index contributed by atoms with van der Waals surface area (Å²) < 4.78 is 63.8. The Morgan fingerprint density at radius 2 is 1.76 bits per heavy atom. The summed E-state index contributed by atoms with van der Waals surface area (Å²) in [5, 5.41) is 4.02. The van der Waals surface area contributed by atoms with Crippen molar-refractivity contribution in [1.29, 1.82) is 0 Å². The lowest BCUT2D eigenvalue weighted by molar-refractivity contribution is 0.221. The number of nitrogens with zero attached hydrogens (tertiary/aromatic N) is 4. The van der Waals surface area contributed by atoms with Crippen molar-refractivity contribution in [2.45, 2.75) is 42.7 Å². The second-order valence-corrected chi connectivity index (χ2v) is 12.2. The SMILES string of the molecule is COc1ncc(Cl)cc1S(=O)(=O)Nc1ccc(F)c(-c2ccc3nc(N[C@H]4CC[C@H](N(C)C)CC4)ncc3c2)c1F.Cl. The summed E-state index contributed by atoms with van der Waals surface area (Å²) in [7, 11) is 1.05. The molecule has 0 unspecified atom stereocenters. The molecular formula is C28H30Cl2F2N6O3S. The average Bonchev–Trinajstić information content (AvgIpc) is 2.95. The van der Waals surface area contributed by atoms with E-state index in [0.717, 1.165) is 43.9 Å². The third-order valence-electron chi connectivity index (χ3n) is 7.23. The molecule has 4 aromatic rings. The van der Waals surface area contributed by atoms with E-state index in [1.54, 1.807) is 18.3 Å². The van der Waals surface area contributed by atoms with Crippen LogP contribution in [0.25, 0.3) is 22.0 Å². The summed E-state index contributed by atoms with van der Waals surface area (Å²) in [4.78, 5) is 14.7. The van der Waals surface area contributed by atoms with Crippen LogP contribution in [0.1, 0.15) is 25.7 Å². The molecule has 0 spiro atoms. The molecule has 0 aliphatic heterocycles. The van der Waals surface area contributed by atoms with Crippen LogP contribution in [-0.4, -0.2) is 61.6 Å². The predicted molar refractivity (Wildman–Crippen MR) is 162 cm³/mol. The lowest BCUT2D eigenvalue weighted by Crippen LogP contribution is -2.36. The van der Waals surface area contributed by atoms with Crippen LogP contribution in [0.4, 0.5) is 20.4 Å². The number of ether oxygens (including phenoxy) is 1. The molecule has 9 nitrogen and oxygen atoms in total. The quantitative estimate of drug-likeness (QED) is 0.237. The highest BCUT2D eigenvalue weighted by Crippen LogP contribution is 2.34. The van der Waals surface area contributed by atoms with E-state index in [1.807, 2.05) is 0 Å². The number of rotatable bonds is 8. The van der Waals surface area contributed by atoms with E-state index < -0.39 is 37.8 Å². The van der Waals surface area contributed by atoms with Gasteiger partial charge in [0.15, 0.2) is 10.7 Å². The fraction of sp³-hybridized carbons (Fsp3) is 0.321. The third kappa shape index (κ3) is 6.67. The van der Waals surface area contributed by atoms with Gasteiger partial charge in [0.25, 0.3) is 10.0 Å². The van der Waals surface area contributed by atoms with Gasteiger partial charge in [-0.2, -0.15) is 0 Å². The Morgan fingerprint density at radius 3 is 2.45 bits per heavy atom. The first kappa shape index (κ1) is 31.6. The molecule has 5 rings (SSSR count). The molecule has 1 aliphatic rings. The second-order valence-electron chi connectivity index (χ2n) is 10.1. The molecule has 0 saturated heterocycles. The number of hydrogen-bond donors (Lipinski definition) is 2. The molecule has 2 N–H and O–H groups in total. The Balaban J connectivity index is 0.00000405. The molecular weight excluding hydrogens is 609 g/mol. The number of halogens is 4. The maximum atomic E-state index is 15.6. The van der Waals surface area contributed by atoms with Crippen LogP contribution in [0, 0.1) is 11.6 Å². The van der Waals surface area contributed by atoms with Crippen molar-refractivity contribution in [3.8, 4) is 17.0 Å². The standard InChI is InChI=1S/C28H29ClF2N6O3S.ClH/c1-37(2)20-7-5-19(6-8-20)34-28-33-14-17-12-16(4-10-22(17)35-28)25-21(30)9-11-23(26(25)31)36-41(38,39)24-13-18(29)15-32-27(24)40-3;/h4,9-15,19-20,36H,5-8H2,1-3H3,(H,33,34,35);1H/t19-,20-;. The molecule has 2 heterocycles. The minimum Gasteiger partial charge on any atom is -0.480 e. The average molecular weight is 640 g/mol. The number of hydrogen-bond acceptors (Lipinski definition) is 8. The molecule has 14 heteroatoms. The number of anilines is 2. The van der Waals surface area contributed by atoms with Gasteiger partial charge in [-0.15, -0.1) is 12.4 Å². The van der Waals surface area contributed by atoms with Crippen molar-refractivity contribution >= 4 is 56.6 Å². The predicted octanol–water partition coefficient (Wildman–Crippen LogP) is 6.14. The number of fused-ring (bicyclic) bond motifs is 1. The number of aromatic nitrogens is 3. The maximum Gasteiger partial charge on any atom is 0.267 e. The van der Waals surface area contributed by atoms with E-state index in [-0.39, 0.29) is 34.9 Å². The van der Waals surface area contributed by atoms with E-state index >= 15 is 4.39 Å². The normalized spacial score (nSPS) is 17.1. The Bertz CT molecular complexity index is 1700. The van der Waals surface area contributed by atoms with Crippen molar-refractivity contribution in [2.75, 3.05) is 31.2 Å². The number of methoxy groups -OCH3 is 1. The highest BCUT2D eigenvalue weighted by molar-refractivity contribution is 7.92. The zero-order valence-electron chi connectivity index (χ0n) is 23.1. The van der Waals surface area contributed by atoms with Gasteiger partial charge in [0.1, 0.15) is 5.82 Å². The minimum atomic E-state index is -4.39. The molecule has 1 fully saturated rings. The fourth-order valence-electron chi connectivity index (χ4n) is 5.03. The van der Waals surface area contributed by atoms with Gasteiger partial charge in [-0.3, -0.25) is 4.72 Å². The first-order valence-corrected chi connectivity index (χ1v) is 14.8. The van der Waals surface area contributed by atoms with Gasteiger partial charge in [0.05, 0.1) is 28.9 Å². The van der Waals surface area contributed by atoms with Crippen molar-refractivity contribution < 1.29 is 21.9 Å². The number of benzene rings is 2. The zero-order chi connectivity index (χ0) is 29.3. The van der Waals surface area contributed by atoms with Crippen LogP contribution < -0.4 is 14.8 Å². The Labute approximate surface area is 254 Å². The van der Waals surface area contributed by atoms with Crippen LogP contribution in [-0.2, 0) is 10.0 Å². The molecule has 1 aliphatic carbocycles. The molecule has 42 heavy (non-hydrogen) atoms. The molecule has 224 valence electrons. The molecule has 1 saturated carbocycles. The summed E-state index contributed by atoms with van der Waals surface area (Å²) >= 11 is 5.91. The molecule has 0 amide bonds. The summed E-state index contributed by atoms with van der Waals surface area (Å²) in [6, 6.07) is 8.72. The van der Waals surface area contributed by atoms with Gasteiger partial charge >= 0.3 is 0 Å². The summed E-state index contributed by atoms with van der Waals surface area (Å²) in [6.07, 6.45) is 7.04.